The van der Waals surface area contributed by atoms with Gasteiger partial charge in [0, 0.05) is 27.4 Å². The number of carbonyl (C=O) groups is 2. The number of amides is 2. The van der Waals surface area contributed by atoms with Crippen molar-refractivity contribution >= 4 is 29.1 Å². The van der Waals surface area contributed by atoms with Crippen LogP contribution in [0.4, 0.5) is 5.69 Å². The minimum Gasteiger partial charge on any atom is -0.496 e. The Morgan fingerprint density at radius 3 is 2.38 bits per heavy atom. The van der Waals surface area contributed by atoms with Gasteiger partial charge in [-0.2, -0.15) is 0 Å². The fourth-order valence-electron chi connectivity index (χ4n) is 2.67. The molecule has 3 N–H and O–H groups in total. The standard InChI is InChI=1S/C22H19ClN2O4/c1-28-20-10-7-15(11-16(20)13-29-19-4-2-3-17(23)12-19)22(27)25-18-8-5-14(6-9-18)21(24)26/h2-12H,13H2,1H3,(H2,24,26)(H,25,27). The molecule has 6 nitrogen and oxygen atoms in total. The van der Waals surface area contributed by atoms with Crippen LogP contribution in [-0.4, -0.2) is 18.9 Å². The molecule has 0 aromatic heterocycles. The van der Waals surface area contributed by atoms with Gasteiger partial charge in [0.1, 0.15) is 18.1 Å². The molecule has 0 spiro atoms. The summed E-state index contributed by atoms with van der Waals surface area (Å²) in [5, 5.41) is 3.35. The minimum atomic E-state index is -0.526. The van der Waals surface area contributed by atoms with E-state index in [2.05, 4.69) is 5.32 Å². The maximum absolute atomic E-state index is 12.6. The summed E-state index contributed by atoms with van der Waals surface area (Å²) in [6.45, 7) is 0.206. The van der Waals surface area contributed by atoms with E-state index in [4.69, 9.17) is 26.8 Å². The van der Waals surface area contributed by atoms with E-state index in [9.17, 15) is 9.59 Å². The first-order valence-electron chi connectivity index (χ1n) is 8.73. The Morgan fingerprint density at radius 2 is 1.72 bits per heavy atom. The molecule has 29 heavy (non-hydrogen) atoms. The van der Waals surface area contributed by atoms with E-state index in [-0.39, 0.29) is 12.5 Å². The van der Waals surface area contributed by atoms with Gasteiger partial charge in [0.05, 0.1) is 7.11 Å². The van der Waals surface area contributed by atoms with Crippen LogP contribution in [0.2, 0.25) is 5.02 Å². The zero-order chi connectivity index (χ0) is 20.8. The summed E-state index contributed by atoms with van der Waals surface area (Å²) in [5.74, 6) is 0.393. The highest BCUT2D eigenvalue weighted by Gasteiger charge is 2.12. The number of hydrogen-bond donors (Lipinski definition) is 2. The maximum Gasteiger partial charge on any atom is 0.255 e. The maximum atomic E-state index is 12.6. The fraction of sp³-hybridized carbons (Fsp3) is 0.0909. The van der Waals surface area contributed by atoms with Crippen LogP contribution in [0.5, 0.6) is 11.5 Å². The predicted molar refractivity (Wildman–Crippen MR) is 112 cm³/mol. The molecule has 0 atom stereocenters. The van der Waals surface area contributed by atoms with Crippen molar-refractivity contribution < 1.29 is 19.1 Å². The van der Waals surface area contributed by atoms with E-state index in [0.717, 1.165) is 0 Å². The number of rotatable bonds is 7. The van der Waals surface area contributed by atoms with E-state index in [1.165, 1.54) is 0 Å². The van der Waals surface area contributed by atoms with Crippen LogP contribution < -0.4 is 20.5 Å². The monoisotopic (exact) mass is 410 g/mol. The number of methoxy groups -OCH3 is 1. The van der Waals surface area contributed by atoms with Crippen LogP contribution in [0.15, 0.2) is 66.7 Å². The second kappa shape index (κ2) is 9.12. The van der Waals surface area contributed by atoms with Crippen LogP contribution in [0.1, 0.15) is 26.3 Å². The molecular weight excluding hydrogens is 392 g/mol. The van der Waals surface area contributed by atoms with Gasteiger partial charge >= 0.3 is 0 Å². The summed E-state index contributed by atoms with van der Waals surface area (Å²) >= 11 is 5.97. The quantitative estimate of drug-likeness (QED) is 0.608. The van der Waals surface area contributed by atoms with E-state index in [1.54, 1.807) is 73.8 Å². The molecule has 3 rings (SSSR count). The van der Waals surface area contributed by atoms with Crippen molar-refractivity contribution in [3.63, 3.8) is 0 Å². The molecule has 2 amide bonds. The molecule has 0 saturated carbocycles. The molecular formula is C22H19ClN2O4. The van der Waals surface area contributed by atoms with Crippen molar-refractivity contribution in [1.82, 2.24) is 0 Å². The third-order valence-electron chi connectivity index (χ3n) is 4.16. The number of carbonyl (C=O) groups excluding carboxylic acids is 2. The summed E-state index contributed by atoms with van der Waals surface area (Å²) < 4.78 is 11.1. The van der Waals surface area contributed by atoms with Crippen molar-refractivity contribution in [1.29, 1.82) is 0 Å². The molecule has 0 fully saturated rings. The Hall–Kier alpha value is -3.51. The first-order valence-corrected chi connectivity index (χ1v) is 9.10. The lowest BCUT2D eigenvalue weighted by Gasteiger charge is -2.13. The van der Waals surface area contributed by atoms with Crippen LogP contribution in [0, 0.1) is 0 Å². The highest BCUT2D eigenvalue weighted by Crippen LogP contribution is 2.24. The Labute approximate surface area is 173 Å². The lowest BCUT2D eigenvalue weighted by molar-refractivity contribution is 0.0998. The zero-order valence-electron chi connectivity index (χ0n) is 15.6. The number of hydrogen-bond acceptors (Lipinski definition) is 4. The first-order chi connectivity index (χ1) is 14.0. The summed E-state index contributed by atoms with van der Waals surface area (Å²) in [4.78, 5) is 23.7. The van der Waals surface area contributed by atoms with Gasteiger partial charge < -0.3 is 20.5 Å². The Balaban J connectivity index is 1.74. The van der Waals surface area contributed by atoms with E-state index >= 15 is 0 Å². The largest absolute Gasteiger partial charge is 0.496 e. The normalized spacial score (nSPS) is 10.3. The molecule has 0 heterocycles. The molecule has 0 aliphatic rings. The minimum absolute atomic E-state index is 0.206. The molecule has 0 unspecified atom stereocenters. The SMILES string of the molecule is COc1ccc(C(=O)Nc2ccc(C(N)=O)cc2)cc1COc1cccc(Cl)c1. The van der Waals surface area contributed by atoms with E-state index in [1.807, 2.05) is 0 Å². The Kier molecular flexibility index (Phi) is 6.36. The molecule has 148 valence electrons. The molecule has 0 aliphatic carbocycles. The van der Waals surface area contributed by atoms with Crippen LogP contribution in [-0.2, 0) is 6.61 Å². The number of primary amides is 1. The molecule has 0 saturated heterocycles. The molecule has 3 aromatic rings. The second-order valence-electron chi connectivity index (χ2n) is 6.17. The van der Waals surface area contributed by atoms with Gasteiger partial charge in [0.15, 0.2) is 0 Å². The number of benzene rings is 3. The van der Waals surface area contributed by atoms with Gasteiger partial charge in [-0.1, -0.05) is 17.7 Å². The van der Waals surface area contributed by atoms with Crippen LogP contribution in [0.25, 0.3) is 0 Å². The van der Waals surface area contributed by atoms with Crippen molar-refractivity contribution in [3.8, 4) is 11.5 Å². The Morgan fingerprint density at radius 1 is 1.00 bits per heavy atom. The van der Waals surface area contributed by atoms with Crippen molar-refractivity contribution in [2.75, 3.05) is 12.4 Å². The number of anilines is 1. The fourth-order valence-corrected chi connectivity index (χ4v) is 2.85. The number of halogens is 1. The number of nitrogens with one attached hydrogen (secondary N) is 1. The molecule has 0 aliphatic heterocycles. The van der Waals surface area contributed by atoms with Crippen molar-refractivity contribution in [2.24, 2.45) is 5.73 Å². The zero-order valence-corrected chi connectivity index (χ0v) is 16.4. The van der Waals surface area contributed by atoms with E-state index in [0.29, 0.717) is 38.9 Å². The molecule has 3 aromatic carbocycles. The average molecular weight is 411 g/mol. The van der Waals surface area contributed by atoms with Crippen LogP contribution >= 0.6 is 11.6 Å². The third-order valence-corrected chi connectivity index (χ3v) is 4.40. The topological polar surface area (TPSA) is 90.6 Å². The summed E-state index contributed by atoms with van der Waals surface area (Å²) in [6, 6.07) is 18.5. The highest BCUT2D eigenvalue weighted by atomic mass is 35.5. The van der Waals surface area contributed by atoms with Gasteiger partial charge in [-0.15, -0.1) is 0 Å². The third kappa shape index (κ3) is 5.27. The smallest absolute Gasteiger partial charge is 0.255 e. The van der Waals surface area contributed by atoms with Crippen LogP contribution in [0.3, 0.4) is 0 Å². The highest BCUT2D eigenvalue weighted by molar-refractivity contribution is 6.30. The first kappa shape index (κ1) is 20.2. The lowest BCUT2D eigenvalue weighted by Crippen LogP contribution is -2.14. The predicted octanol–water partition coefficient (Wildman–Crippen LogP) is 4.28. The Bertz CT molecular complexity index is 1040. The number of ether oxygens (including phenoxy) is 2. The second-order valence-corrected chi connectivity index (χ2v) is 6.60. The number of nitrogens with two attached hydrogens (primary N) is 1. The molecule has 7 heteroatoms. The molecule has 0 radical (unpaired) electrons. The van der Waals surface area contributed by atoms with Gasteiger partial charge in [0.25, 0.3) is 5.91 Å². The molecule has 0 bridgehead atoms. The van der Waals surface area contributed by atoms with Gasteiger partial charge in [-0.05, 0) is 60.7 Å². The summed E-state index contributed by atoms with van der Waals surface area (Å²) in [6.07, 6.45) is 0. The summed E-state index contributed by atoms with van der Waals surface area (Å²) in [7, 11) is 1.55. The van der Waals surface area contributed by atoms with Crippen molar-refractivity contribution in [3.05, 3.63) is 88.4 Å². The van der Waals surface area contributed by atoms with Crippen molar-refractivity contribution in [2.45, 2.75) is 6.61 Å². The lowest BCUT2D eigenvalue weighted by atomic mass is 10.1. The van der Waals surface area contributed by atoms with Gasteiger partial charge in [-0.3, -0.25) is 9.59 Å². The van der Waals surface area contributed by atoms with E-state index < -0.39 is 5.91 Å². The average Bonchev–Trinajstić information content (AvgIpc) is 2.72. The van der Waals surface area contributed by atoms with Gasteiger partial charge in [-0.25, -0.2) is 0 Å². The van der Waals surface area contributed by atoms with Gasteiger partial charge in [0.2, 0.25) is 5.91 Å². The summed E-state index contributed by atoms with van der Waals surface area (Å²) in [5.41, 5.74) is 7.29.